The van der Waals surface area contributed by atoms with Crippen LogP contribution in [0.1, 0.15) is 19.0 Å². The summed E-state index contributed by atoms with van der Waals surface area (Å²) in [4.78, 5) is 6.72. The molecule has 0 amide bonds. The molecule has 2 rings (SSSR count). The molecule has 0 aromatic carbocycles. The van der Waals surface area contributed by atoms with E-state index in [1.807, 2.05) is 18.2 Å². The Bertz CT molecular complexity index is 340. The smallest absolute Gasteiger partial charge is 0.128 e. The number of halogens is 1. The van der Waals surface area contributed by atoms with Crippen LogP contribution in [0, 0.1) is 11.8 Å². The van der Waals surface area contributed by atoms with Crippen molar-refractivity contribution < 1.29 is 0 Å². The van der Waals surface area contributed by atoms with Crippen LogP contribution in [0.25, 0.3) is 0 Å². The van der Waals surface area contributed by atoms with Gasteiger partial charge in [0.2, 0.25) is 0 Å². The first-order valence-electron chi connectivity index (χ1n) is 5.43. The SMILES string of the molecule is CC1CC1CN(C)c1cccc(CCl)n1. The quantitative estimate of drug-likeness (QED) is 0.732. The average Bonchev–Trinajstić information content (AvgIpc) is 2.94. The lowest BCUT2D eigenvalue weighted by Crippen LogP contribution is -2.21. The Balaban J connectivity index is 2.00. The fourth-order valence-corrected chi connectivity index (χ4v) is 2.00. The maximum Gasteiger partial charge on any atom is 0.128 e. The number of anilines is 1. The van der Waals surface area contributed by atoms with Gasteiger partial charge in [0.25, 0.3) is 0 Å². The van der Waals surface area contributed by atoms with Gasteiger partial charge in [-0.15, -0.1) is 11.6 Å². The highest BCUT2D eigenvalue weighted by molar-refractivity contribution is 6.16. The molecule has 2 unspecified atom stereocenters. The Morgan fingerprint density at radius 3 is 2.87 bits per heavy atom. The molecule has 0 spiro atoms. The van der Waals surface area contributed by atoms with E-state index in [9.17, 15) is 0 Å². The normalized spacial score (nSPS) is 23.9. The molecule has 1 heterocycles. The highest BCUT2D eigenvalue weighted by atomic mass is 35.5. The molecule has 1 aromatic heterocycles. The third kappa shape index (κ3) is 2.63. The molecule has 0 radical (unpaired) electrons. The molecule has 15 heavy (non-hydrogen) atoms. The summed E-state index contributed by atoms with van der Waals surface area (Å²) in [5.74, 6) is 3.27. The Morgan fingerprint density at radius 2 is 2.27 bits per heavy atom. The van der Waals surface area contributed by atoms with E-state index in [1.54, 1.807) is 0 Å². The zero-order valence-corrected chi connectivity index (χ0v) is 10.0. The van der Waals surface area contributed by atoms with Crippen LogP contribution in [0.3, 0.4) is 0 Å². The number of aromatic nitrogens is 1. The van der Waals surface area contributed by atoms with Gasteiger partial charge in [0.15, 0.2) is 0 Å². The summed E-state index contributed by atoms with van der Waals surface area (Å²) in [6, 6.07) is 6.03. The van der Waals surface area contributed by atoms with Crippen molar-refractivity contribution in [1.29, 1.82) is 0 Å². The topological polar surface area (TPSA) is 16.1 Å². The molecule has 3 heteroatoms. The highest BCUT2D eigenvalue weighted by Gasteiger charge is 2.33. The van der Waals surface area contributed by atoms with Crippen LogP contribution in [0.4, 0.5) is 5.82 Å². The van der Waals surface area contributed by atoms with Gasteiger partial charge in [-0.3, -0.25) is 0 Å². The fourth-order valence-electron chi connectivity index (χ4n) is 1.85. The van der Waals surface area contributed by atoms with Crippen molar-refractivity contribution >= 4 is 17.4 Å². The minimum atomic E-state index is 0.488. The van der Waals surface area contributed by atoms with Gasteiger partial charge >= 0.3 is 0 Å². The van der Waals surface area contributed by atoms with Crippen molar-refractivity contribution in [3.63, 3.8) is 0 Å². The van der Waals surface area contributed by atoms with Crippen molar-refractivity contribution in [2.24, 2.45) is 11.8 Å². The number of rotatable bonds is 4. The molecule has 1 fully saturated rings. The molecular weight excluding hydrogens is 208 g/mol. The zero-order valence-electron chi connectivity index (χ0n) is 9.28. The summed E-state index contributed by atoms with van der Waals surface area (Å²) < 4.78 is 0. The van der Waals surface area contributed by atoms with Gasteiger partial charge in [-0.05, 0) is 30.4 Å². The standard InChI is InChI=1S/C12H17ClN2/c1-9-6-10(9)8-15(2)12-5-3-4-11(7-13)14-12/h3-5,9-10H,6-8H2,1-2H3. The lowest BCUT2D eigenvalue weighted by Gasteiger charge is -2.18. The van der Waals surface area contributed by atoms with Gasteiger partial charge in [0.05, 0.1) is 11.6 Å². The van der Waals surface area contributed by atoms with Crippen LogP contribution in [0.2, 0.25) is 0 Å². The molecule has 1 aliphatic rings. The summed E-state index contributed by atoms with van der Waals surface area (Å²) in [5.41, 5.74) is 0.949. The average molecular weight is 225 g/mol. The predicted octanol–water partition coefficient (Wildman–Crippen LogP) is 2.91. The third-order valence-corrected chi connectivity index (χ3v) is 3.38. The van der Waals surface area contributed by atoms with Crippen LogP contribution in [0.15, 0.2) is 18.2 Å². The Morgan fingerprint density at radius 1 is 1.53 bits per heavy atom. The van der Waals surface area contributed by atoms with E-state index in [2.05, 4.69) is 23.9 Å². The van der Waals surface area contributed by atoms with E-state index < -0.39 is 0 Å². The summed E-state index contributed by atoms with van der Waals surface area (Å²) in [7, 11) is 2.10. The van der Waals surface area contributed by atoms with Gasteiger partial charge in [0.1, 0.15) is 5.82 Å². The van der Waals surface area contributed by atoms with Crippen molar-refractivity contribution in [3.8, 4) is 0 Å². The van der Waals surface area contributed by atoms with Crippen molar-refractivity contribution in [3.05, 3.63) is 23.9 Å². The molecule has 1 saturated carbocycles. The number of hydrogen-bond donors (Lipinski definition) is 0. The summed E-state index contributed by atoms with van der Waals surface area (Å²) in [6.07, 6.45) is 1.36. The van der Waals surface area contributed by atoms with Crippen LogP contribution >= 0.6 is 11.6 Å². The summed E-state index contributed by atoms with van der Waals surface area (Å²) in [5, 5.41) is 0. The molecule has 1 aromatic rings. The Hall–Kier alpha value is -0.760. The lowest BCUT2D eigenvalue weighted by molar-refractivity contribution is 0.718. The first kappa shape index (κ1) is 10.7. The molecule has 0 N–H and O–H groups in total. The molecule has 0 saturated heterocycles. The van der Waals surface area contributed by atoms with Crippen LogP contribution in [-0.2, 0) is 5.88 Å². The Kier molecular flexibility index (Phi) is 3.15. The first-order chi connectivity index (χ1) is 7.20. The molecule has 82 valence electrons. The van der Waals surface area contributed by atoms with Gasteiger partial charge in [0, 0.05) is 13.6 Å². The van der Waals surface area contributed by atoms with Crippen molar-refractivity contribution in [2.75, 3.05) is 18.5 Å². The summed E-state index contributed by atoms with van der Waals surface area (Å²) >= 11 is 5.76. The number of hydrogen-bond acceptors (Lipinski definition) is 2. The maximum absolute atomic E-state index is 5.76. The molecule has 2 nitrogen and oxygen atoms in total. The van der Waals surface area contributed by atoms with Gasteiger partial charge in [-0.25, -0.2) is 4.98 Å². The minimum absolute atomic E-state index is 0.488. The zero-order chi connectivity index (χ0) is 10.8. The Labute approximate surface area is 96.3 Å². The molecule has 0 bridgehead atoms. The molecular formula is C12H17ClN2. The van der Waals surface area contributed by atoms with E-state index in [4.69, 9.17) is 11.6 Å². The van der Waals surface area contributed by atoms with Crippen LogP contribution in [0.5, 0.6) is 0 Å². The largest absolute Gasteiger partial charge is 0.359 e. The second-order valence-electron chi connectivity index (χ2n) is 4.47. The predicted molar refractivity (Wildman–Crippen MR) is 64.3 cm³/mol. The number of alkyl halides is 1. The number of pyridine rings is 1. The monoisotopic (exact) mass is 224 g/mol. The van der Waals surface area contributed by atoms with Crippen molar-refractivity contribution in [2.45, 2.75) is 19.2 Å². The molecule has 0 aliphatic heterocycles. The van der Waals surface area contributed by atoms with E-state index in [-0.39, 0.29) is 0 Å². The third-order valence-electron chi connectivity index (χ3n) is 3.10. The lowest BCUT2D eigenvalue weighted by atomic mass is 10.3. The second kappa shape index (κ2) is 4.40. The van der Waals surface area contributed by atoms with E-state index in [0.717, 1.165) is 29.9 Å². The van der Waals surface area contributed by atoms with E-state index >= 15 is 0 Å². The van der Waals surface area contributed by atoms with Gasteiger partial charge in [-0.1, -0.05) is 13.0 Å². The first-order valence-corrected chi connectivity index (χ1v) is 5.97. The second-order valence-corrected chi connectivity index (χ2v) is 4.74. The molecule has 2 atom stereocenters. The fraction of sp³-hybridized carbons (Fsp3) is 0.583. The van der Waals surface area contributed by atoms with Crippen LogP contribution < -0.4 is 4.90 Å². The number of nitrogens with zero attached hydrogens (tertiary/aromatic N) is 2. The van der Waals surface area contributed by atoms with Gasteiger partial charge < -0.3 is 4.90 Å². The molecule has 1 aliphatic carbocycles. The highest BCUT2D eigenvalue weighted by Crippen LogP contribution is 2.38. The van der Waals surface area contributed by atoms with Crippen molar-refractivity contribution in [1.82, 2.24) is 4.98 Å². The van der Waals surface area contributed by atoms with E-state index in [0.29, 0.717) is 5.88 Å². The van der Waals surface area contributed by atoms with Crippen LogP contribution in [-0.4, -0.2) is 18.6 Å². The maximum atomic E-state index is 5.76. The van der Waals surface area contributed by atoms with E-state index in [1.165, 1.54) is 6.42 Å². The van der Waals surface area contributed by atoms with Gasteiger partial charge in [-0.2, -0.15) is 0 Å². The summed E-state index contributed by atoms with van der Waals surface area (Å²) in [6.45, 7) is 3.42. The minimum Gasteiger partial charge on any atom is -0.359 e.